The average Bonchev–Trinajstić information content (AvgIpc) is 3.05. The zero-order chi connectivity index (χ0) is 15.3. The van der Waals surface area contributed by atoms with Gasteiger partial charge in [0.25, 0.3) is 0 Å². The summed E-state index contributed by atoms with van der Waals surface area (Å²) in [5, 5.41) is 11.4. The highest BCUT2D eigenvalue weighted by Crippen LogP contribution is 2.34. The first-order valence-corrected chi connectivity index (χ1v) is 6.83. The van der Waals surface area contributed by atoms with E-state index in [0.717, 1.165) is 27.4 Å². The first-order valence-electron chi connectivity index (χ1n) is 6.83. The van der Waals surface area contributed by atoms with Crippen molar-refractivity contribution in [1.82, 2.24) is 9.55 Å². The highest BCUT2D eigenvalue weighted by Gasteiger charge is 2.22. The fraction of sp³-hybridized carbons (Fsp3) is 0.0588. The first-order chi connectivity index (χ1) is 10.7. The topological polar surface area (TPSA) is 68.3 Å². The largest absolute Gasteiger partial charge is 0.475 e. The fourth-order valence-electron chi connectivity index (χ4n) is 2.92. The van der Waals surface area contributed by atoms with E-state index in [9.17, 15) is 9.90 Å². The highest BCUT2D eigenvalue weighted by atomic mass is 16.4. The van der Waals surface area contributed by atoms with Gasteiger partial charge in [-0.05, 0) is 19.1 Å². The molecule has 0 fully saturated rings. The van der Waals surface area contributed by atoms with E-state index in [1.165, 1.54) is 6.26 Å². The maximum Gasteiger partial charge on any atom is 0.374 e. The number of furan rings is 1. The molecule has 3 aromatic heterocycles. The van der Waals surface area contributed by atoms with Crippen LogP contribution in [0.5, 0.6) is 0 Å². The number of carbonyl (C=O) groups is 1. The molecule has 0 aliphatic carbocycles. The van der Waals surface area contributed by atoms with Crippen molar-refractivity contribution in [2.45, 2.75) is 6.92 Å². The maximum absolute atomic E-state index is 11.5. The van der Waals surface area contributed by atoms with Gasteiger partial charge in [0, 0.05) is 28.7 Å². The van der Waals surface area contributed by atoms with Gasteiger partial charge in [-0.3, -0.25) is 4.98 Å². The number of pyridine rings is 1. The molecule has 108 valence electrons. The van der Waals surface area contributed by atoms with Gasteiger partial charge in [-0.15, -0.1) is 0 Å². The Labute approximate surface area is 125 Å². The molecular formula is C17H12N2O3. The van der Waals surface area contributed by atoms with Gasteiger partial charge >= 0.3 is 5.97 Å². The Kier molecular flexibility index (Phi) is 2.56. The third-order valence-corrected chi connectivity index (χ3v) is 3.83. The summed E-state index contributed by atoms with van der Waals surface area (Å²) in [6, 6.07) is 9.74. The number of nitrogens with zero attached hydrogens (tertiary/aromatic N) is 2. The van der Waals surface area contributed by atoms with E-state index in [1.807, 2.05) is 41.8 Å². The van der Waals surface area contributed by atoms with Gasteiger partial charge in [0.15, 0.2) is 0 Å². The summed E-state index contributed by atoms with van der Waals surface area (Å²) in [6.45, 7) is 1.84. The fourth-order valence-corrected chi connectivity index (χ4v) is 2.92. The van der Waals surface area contributed by atoms with E-state index in [4.69, 9.17) is 4.42 Å². The Morgan fingerprint density at radius 2 is 1.95 bits per heavy atom. The smallest absolute Gasteiger partial charge is 0.374 e. The minimum atomic E-state index is -1.08. The van der Waals surface area contributed by atoms with Crippen LogP contribution in [0, 0.1) is 6.92 Å². The van der Waals surface area contributed by atoms with Crippen molar-refractivity contribution in [1.29, 1.82) is 0 Å². The molecule has 0 amide bonds. The van der Waals surface area contributed by atoms with Crippen molar-refractivity contribution < 1.29 is 14.3 Å². The molecular weight excluding hydrogens is 280 g/mol. The van der Waals surface area contributed by atoms with Crippen LogP contribution in [0.15, 0.2) is 53.4 Å². The number of hydrogen-bond donors (Lipinski definition) is 1. The molecule has 0 bridgehead atoms. The van der Waals surface area contributed by atoms with Crippen LogP contribution in [0.2, 0.25) is 0 Å². The molecule has 5 heteroatoms. The first kappa shape index (κ1) is 12.6. The third-order valence-electron chi connectivity index (χ3n) is 3.83. The second-order valence-corrected chi connectivity index (χ2v) is 5.15. The lowest BCUT2D eigenvalue weighted by molar-refractivity contribution is 0.0662. The van der Waals surface area contributed by atoms with E-state index < -0.39 is 5.97 Å². The van der Waals surface area contributed by atoms with Crippen LogP contribution in [0.1, 0.15) is 16.1 Å². The summed E-state index contributed by atoms with van der Waals surface area (Å²) in [5.74, 6) is -1.14. The molecule has 0 saturated carbocycles. The number of hydrogen-bond acceptors (Lipinski definition) is 3. The zero-order valence-electron chi connectivity index (χ0n) is 11.8. The molecule has 1 N–H and O–H groups in total. The third kappa shape index (κ3) is 1.59. The van der Waals surface area contributed by atoms with Crippen molar-refractivity contribution in [3.05, 3.63) is 60.3 Å². The molecule has 22 heavy (non-hydrogen) atoms. The molecule has 0 radical (unpaired) electrons. The average molecular weight is 292 g/mol. The van der Waals surface area contributed by atoms with Crippen molar-refractivity contribution in [3.63, 3.8) is 0 Å². The van der Waals surface area contributed by atoms with E-state index in [0.29, 0.717) is 5.69 Å². The van der Waals surface area contributed by atoms with E-state index in [1.54, 1.807) is 12.4 Å². The Bertz CT molecular complexity index is 974. The molecule has 4 aromatic rings. The highest BCUT2D eigenvalue weighted by molar-refractivity contribution is 6.09. The SMILES string of the molecule is Cc1coc(C(=O)O)c1-n1c2ccccc2c2cnccc21. The van der Waals surface area contributed by atoms with Crippen LogP contribution in [-0.2, 0) is 0 Å². The Morgan fingerprint density at radius 3 is 2.77 bits per heavy atom. The summed E-state index contributed by atoms with van der Waals surface area (Å²) in [4.78, 5) is 15.7. The van der Waals surface area contributed by atoms with Crippen LogP contribution >= 0.6 is 0 Å². The second-order valence-electron chi connectivity index (χ2n) is 5.15. The standard InChI is InChI=1S/C17H12N2O3/c1-10-9-22-16(17(20)21)15(10)19-13-5-3-2-4-11(13)12-8-18-7-6-14(12)19/h2-9H,1H3,(H,20,21). The van der Waals surface area contributed by atoms with Gasteiger partial charge in [-0.1, -0.05) is 18.2 Å². The number of carboxylic acids is 1. The van der Waals surface area contributed by atoms with Gasteiger partial charge in [0.2, 0.25) is 5.76 Å². The normalized spacial score (nSPS) is 11.3. The van der Waals surface area contributed by atoms with Crippen molar-refractivity contribution in [2.75, 3.05) is 0 Å². The molecule has 0 atom stereocenters. The molecule has 0 spiro atoms. The predicted molar refractivity (Wildman–Crippen MR) is 82.5 cm³/mol. The van der Waals surface area contributed by atoms with E-state index in [-0.39, 0.29) is 5.76 Å². The summed E-state index contributed by atoms with van der Waals surface area (Å²) in [6.07, 6.45) is 4.97. The van der Waals surface area contributed by atoms with Crippen molar-refractivity contribution >= 4 is 27.8 Å². The number of benzene rings is 1. The minimum Gasteiger partial charge on any atom is -0.475 e. The quantitative estimate of drug-likeness (QED) is 0.610. The lowest BCUT2D eigenvalue weighted by Gasteiger charge is -2.07. The molecule has 0 aliphatic rings. The lowest BCUT2D eigenvalue weighted by Crippen LogP contribution is -2.03. The van der Waals surface area contributed by atoms with Crippen molar-refractivity contribution in [3.8, 4) is 5.69 Å². The zero-order valence-corrected chi connectivity index (χ0v) is 11.8. The van der Waals surface area contributed by atoms with Crippen LogP contribution in [-0.4, -0.2) is 20.6 Å². The van der Waals surface area contributed by atoms with Crippen LogP contribution in [0.4, 0.5) is 0 Å². The second kappa shape index (κ2) is 4.46. The Hall–Kier alpha value is -3.08. The number of aryl methyl sites for hydroxylation is 1. The predicted octanol–water partition coefficient (Wildman–Crippen LogP) is 3.78. The number of carboxylic acid groups (broad SMARTS) is 1. The van der Waals surface area contributed by atoms with E-state index in [2.05, 4.69) is 4.98 Å². The number of fused-ring (bicyclic) bond motifs is 3. The number of rotatable bonds is 2. The van der Waals surface area contributed by atoms with Gasteiger partial charge in [0.05, 0.1) is 17.3 Å². The molecule has 0 saturated heterocycles. The van der Waals surface area contributed by atoms with Crippen LogP contribution < -0.4 is 0 Å². The van der Waals surface area contributed by atoms with Crippen LogP contribution in [0.25, 0.3) is 27.5 Å². The minimum absolute atomic E-state index is 0.0584. The molecule has 5 nitrogen and oxygen atoms in total. The maximum atomic E-state index is 11.5. The van der Waals surface area contributed by atoms with Crippen LogP contribution in [0.3, 0.4) is 0 Å². The van der Waals surface area contributed by atoms with Gasteiger partial charge < -0.3 is 14.1 Å². The number of aromatic nitrogens is 2. The summed E-state index contributed by atoms with van der Waals surface area (Å²) in [7, 11) is 0. The molecule has 0 unspecified atom stereocenters. The summed E-state index contributed by atoms with van der Waals surface area (Å²) < 4.78 is 7.17. The molecule has 0 aliphatic heterocycles. The summed E-state index contributed by atoms with van der Waals surface area (Å²) >= 11 is 0. The Morgan fingerprint density at radius 1 is 1.18 bits per heavy atom. The number of aromatic carboxylic acids is 1. The monoisotopic (exact) mass is 292 g/mol. The van der Waals surface area contributed by atoms with Gasteiger partial charge in [-0.2, -0.15) is 0 Å². The number of para-hydroxylation sites is 1. The Balaban J connectivity index is 2.23. The lowest BCUT2D eigenvalue weighted by atomic mass is 10.2. The molecule has 1 aromatic carbocycles. The van der Waals surface area contributed by atoms with Gasteiger partial charge in [0.1, 0.15) is 5.69 Å². The molecule has 3 heterocycles. The summed E-state index contributed by atoms with van der Waals surface area (Å²) in [5.41, 5.74) is 3.17. The van der Waals surface area contributed by atoms with E-state index >= 15 is 0 Å². The van der Waals surface area contributed by atoms with Gasteiger partial charge in [-0.25, -0.2) is 4.79 Å². The molecule has 4 rings (SSSR count). The van der Waals surface area contributed by atoms with Crippen molar-refractivity contribution in [2.24, 2.45) is 0 Å².